The van der Waals surface area contributed by atoms with Crippen LogP contribution in [0.25, 0.3) is 127 Å². The van der Waals surface area contributed by atoms with Crippen molar-refractivity contribution in [3.8, 4) is 62.1 Å². The van der Waals surface area contributed by atoms with Crippen molar-refractivity contribution < 1.29 is 4.42 Å². The van der Waals surface area contributed by atoms with E-state index in [0.29, 0.717) is 17.5 Å². The second-order valence-electron chi connectivity index (χ2n) is 16.3. The zero-order chi connectivity index (χ0) is 42.1. The number of fused-ring (bicyclic) bond motifs is 10. The summed E-state index contributed by atoms with van der Waals surface area (Å²) < 4.78 is 9.55. The molecule has 0 unspecified atom stereocenters. The zero-order valence-electron chi connectivity index (χ0n) is 34.5. The van der Waals surface area contributed by atoms with Crippen molar-refractivity contribution in [2.45, 2.75) is 0 Å². The van der Waals surface area contributed by atoms with Gasteiger partial charge in [0.15, 0.2) is 23.1 Å². The number of nitrogens with zero attached hydrogens (tertiary/aromatic N) is 4. The van der Waals surface area contributed by atoms with E-state index in [0.717, 1.165) is 55.3 Å². The lowest BCUT2D eigenvalue weighted by Gasteiger charge is -2.13. The molecular formula is C59H36N4O. The molecule has 0 amide bonds. The van der Waals surface area contributed by atoms with Gasteiger partial charge in [-0.3, -0.25) is 0 Å². The summed E-state index contributed by atoms with van der Waals surface area (Å²) >= 11 is 0. The molecule has 0 atom stereocenters. The molecule has 0 fully saturated rings. The van der Waals surface area contributed by atoms with E-state index in [9.17, 15) is 0 Å². The fraction of sp³-hybridized carbons (Fsp3) is 0. The second kappa shape index (κ2) is 14.5. The van der Waals surface area contributed by atoms with Crippen LogP contribution in [0.3, 0.4) is 0 Å². The Balaban J connectivity index is 1.10. The van der Waals surface area contributed by atoms with Gasteiger partial charge in [0.25, 0.3) is 0 Å². The van der Waals surface area contributed by atoms with E-state index in [-0.39, 0.29) is 0 Å². The van der Waals surface area contributed by atoms with E-state index >= 15 is 0 Å². The van der Waals surface area contributed by atoms with Gasteiger partial charge in [0.05, 0.1) is 16.7 Å². The molecule has 0 radical (unpaired) electrons. The van der Waals surface area contributed by atoms with Gasteiger partial charge in [-0.05, 0) is 74.1 Å². The van der Waals surface area contributed by atoms with Crippen molar-refractivity contribution in [2.24, 2.45) is 0 Å². The van der Waals surface area contributed by atoms with Crippen molar-refractivity contribution in [2.75, 3.05) is 0 Å². The van der Waals surface area contributed by atoms with Crippen LogP contribution in [0.1, 0.15) is 0 Å². The van der Waals surface area contributed by atoms with Crippen molar-refractivity contribution in [1.82, 2.24) is 19.5 Å². The molecule has 0 aliphatic carbocycles. The van der Waals surface area contributed by atoms with Gasteiger partial charge in [-0.25, -0.2) is 15.0 Å². The van der Waals surface area contributed by atoms with Crippen molar-refractivity contribution in [1.29, 1.82) is 0 Å². The van der Waals surface area contributed by atoms with Crippen LogP contribution in [-0.4, -0.2) is 19.5 Å². The molecule has 5 heteroatoms. The monoisotopic (exact) mass is 816 g/mol. The van der Waals surface area contributed by atoms with Gasteiger partial charge in [-0.2, -0.15) is 0 Å². The molecule has 13 rings (SSSR count). The van der Waals surface area contributed by atoms with Crippen LogP contribution in [0.15, 0.2) is 223 Å². The Morgan fingerprint density at radius 3 is 1.23 bits per heavy atom. The Kier molecular flexibility index (Phi) is 8.15. The van der Waals surface area contributed by atoms with Crippen molar-refractivity contribution in [3.63, 3.8) is 0 Å². The largest absolute Gasteiger partial charge is 0.454 e. The summed E-state index contributed by atoms with van der Waals surface area (Å²) in [6.45, 7) is 0. The Morgan fingerprint density at radius 1 is 0.312 bits per heavy atom. The molecule has 5 nitrogen and oxygen atoms in total. The first-order valence-electron chi connectivity index (χ1n) is 21.6. The number of para-hydroxylation sites is 1. The normalized spacial score (nSPS) is 11.8. The lowest BCUT2D eigenvalue weighted by atomic mass is 9.92. The molecule has 0 saturated carbocycles. The van der Waals surface area contributed by atoms with Crippen LogP contribution in [0.5, 0.6) is 0 Å². The van der Waals surface area contributed by atoms with E-state index in [1.54, 1.807) is 0 Å². The zero-order valence-corrected chi connectivity index (χ0v) is 34.5. The molecular weight excluding hydrogens is 781 g/mol. The minimum atomic E-state index is 0.582. The maximum atomic E-state index is 7.11. The Hall–Kier alpha value is -8.67. The van der Waals surface area contributed by atoms with Gasteiger partial charge in [-0.15, -0.1) is 0 Å². The number of aromatic nitrogens is 4. The first-order valence-corrected chi connectivity index (χ1v) is 21.6. The topological polar surface area (TPSA) is 56.7 Å². The third-order valence-electron chi connectivity index (χ3n) is 12.6. The maximum absolute atomic E-state index is 7.11. The number of hydrogen-bond acceptors (Lipinski definition) is 4. The van der Waals surface area contributed by atoms with Crippen LogP contribution < -0.4 is 0 Å². The molecule has 0 N–H and O–H groups in total. The molecule has 0 aliphatic rings. The average Bonchev–Trinajstić information content (AvgIpc) is 3.92. The fourth-order valence-electron chi connectivity index (χ4n) is 9.74. The van der Waals surface area contributed by atoms with Crippen LogP contribution >= 0.6 is 0 Å². The lowest BCUT2D eigenvalue weighted by molar-refractivity contribution is 0.666. The molecule has 0 spiro atoms. The molecule has 3 heterocycles. The van der Waals surface area contributed by atoms with Crippen LogP contribution in [0.2, 0.25) is 0 Å². The number of benzene rings is 10. The highest BCUT2D eigenvalue weighted by atomic mass is 16.3. The smallest absolute Gasteiger partial charge is 0.164 e. The summed E-state index contributed by atoms with van der Waals surface area (Å²) in [6, 6.07) is 76.9. The SMILES string of the molecule is c1ccc(-c2nc(-c3ccccc3)nc(-c3ccc4c(c3)oc3c(-n5c6cc(-c7ccccc7)c7ccccc7c6c6c7ccccc7c(-c7ccccc7)cc65)cccc34)n2)cc1. The first-order chi connectivity index (χ1) is 31.7. The quantitative estimate of drug-likeness (QED) is 0.168. The Labute approximate surface area is 368 Å². The van der Waals surface area contributed by atoms with Crippen molar-refractivity contribution in [3.05, 3.63) is 218 Å². The van der Waals surface area contributed by atoms with Gasteiger partial charge in [0, 0.05) is 38.2 Å². The standard InChI is InChI=1S/C59H36N4O/c1-5-18-37(19-6-1)48-35-51-54(45-28-15-13-26-42(45)48)55-46-29-16-14-27-43(46)49(38-20-7-2-8-21-38)36-52(55)63(51)50-31-17-30-47-44-33-32-41(34-53(44)64-56(47)50)59-61-57(39-22-9-3-10-23-39)60-58(62-59)40-24-11-4-12-25-40/h1-36H. The van der Waals surface area contributed by atoms with Crippen LogP contribution in [0, 0.1) is 0 Å². The van der Waals surface area contributed by atoms with Crippen molar-refractivity contribution >= 4 is 65.3 Å². The first kappa shape index (κ1) is 36.0. The van der Waals surface area contributed by atoms with E-state index in [2.05, 4.69) is 162 Å². The summed E-state index contributed by atoms with van der Waals surface area (Å²) in [4.78, 5) is 15.0. The summed E-state index contributed by atoms with van der Waals surface area (Å²) in [5, 5.41) is 9.35. The summed E-state index contributed by atoms with van der Waals surface area (Å²) in [5.74, 6) is 1.82. The number of furan rings is 1. The predicted molar refractivity (Wildman–Crippen MR) is 264 cm³/mol. The third-order valence-corrected chi connectivity index (χ3v) is 12.6. The lowest BCUT2D eigenvalue weighted by Crippen LogP contribution is -2.00. The molecule has 64 heavy (non-hydrogen) atoms. The average molecular weight is 817 g/mol. The van der Waals surface area contributed by atoms with Gasteiger partial charge in [0.1, 0.15) is 5.58 Å². The van der Waals surface area contributed by atoms with E-state index in [4.69, 9.17) is 19.4 Å². The number of hydrogen-bond donors (Lipinski definition) is 0. The highest BCUT2D eigenvalue weighted by Crippen LogP contribution is 2.47. The molecule has 298 valence electrons. The molecule has 13 aromatic rings. The highest BCUT2D eigenvalue weighted by Gasteiger charge is 2.24. The fourth-order valence-corrected chi connectivity index (χ4v) is 9.74. The van der Waals surface area contributed by atoms with Gasteiger partial charge >= 0.3 is 0 Å². The third kappa shape index (κ3) is 5.68. The summed E-state index contributed by atoms with van der Waals surface area (Å²) in [7, 11) is 0. The molecule has 3 aromatic heterocycles. The van der Waals surface area contributed by atoms with Gasteiger partial charge in [0.2, 0.25) is 0 Å². The van der Waals surface area contributed by atoms with Gasteiger partial charge in [-0.1, -0.05) is 188 Å². The van der Waals surface area contributed by atoms with Crippen LogP contribution in [-0.2, 0) is 0 Å². The molecule has 10 aromatic carbocycles. The maximum Gasteiger partial charge on any atom is 0.164 e. The van der Waals surface area contributed by atoms with E-state index < -0.39 is 0 Å². The molecule has 0 aliphatic heterocycles. The summed E-state index contributed by atoms with van der Waals surface area (Å²) in [5.41, 5.74) is 12.2. The Bertz CT molecular complexity index is 3740. The minimum absolute atomic E-state index is 0.582. The minimum Gasteiger partial charge on any atom is -0.454 e. The number of rotatable bonds is 6. The second-order valence-corrected chi connectivity index (χ2v) is 16.3. The van der Waals surface area contributed by atoms with Gasteiger partial charge < -0.3 is 8.98 Å². The van der Waals surface area contributed by atoms with E-state index in [1.165, 1.54) is 54.6 Å². The van der Waals surface area contributed by atoms with Crippen LogP contribution in [0.4, 0.5) is 0 Å². The predicted octanol–water partition coefficient (Wildman–Crippen LogP) is 15.5. The highest BCUT2D eigenvalue weighted by molar-refractivity contribution is 6.32. The van der Waals surface area contributed by atoms with E-state index in [1.807, 2.05) is 60.7 Å². The molecule has 0 saturated heterocycles. The summed E-state index contributed by atoms with van der Waals surface area (Å²) in [6.07, 6.45) is 0. The Morgan fingerprint density at radius 2 is 0.734 bits per heavy atom. The molecule has 0 bridgehead atoms.